The average Bonchev–Trinajstić information content (AvgIpc) is 2.75. The van der Waals surface area contributed by atoms with E-state index in [-0.39, 0.29) is 64.3 Å². The number of halogens is 5. The average molecular weight is 517 g/mol. The molecule has 34 heavy (non-hydrogen) atoms. The molecule has 1 aliphatic heterocycles. The predicted molar refractivity (Wildman–Crippen MR) is 125 cm³/mol. The molecular weight excluding hydrogens is 496 g/mol. The Kier molecular flexibility index (Phi) is 6.74. The lowest BCUT2D eigenvalue weighted by Crippen LogP contribution is -2.42. The van der Waals surface area contributed by atoms with Crippen molar-refractivity contribution in [1.29, 1.82) is 0 Å². The number of alkyl halides is 3. The van der Waals surface area contributed by atoms with Crippen LogP contribution in [0.3, 0.4) is 0 Å². The second-order valence-corrected chi connectivity index (χ2v) is 8.73. The summed E-state index contributed by atoms with van der Waals surface area (Å²) in [6.45, 7) is -0.584. The molecule has 0 atom stereocenters. The van der Waals surface area contributed by atoms with Gasteiger partial charge in [0.1, 0.15) is 16.7 Å². The molecule has 4 rings (SSSR count). The quantitative estimate of drug-likeness (QED) is 0.470. The largest absolute Gasteiger partial charge is 0.401 e. The minimum atomic E-state index is -4.28. The van der Waals surface area contributed by atoms with Gasteiger partial charge in [-0.25, -0.2) is 4.98 Å². The van der Waals surface area contributed by atoms with Crippen LogP contribution in [0.1, 0.15) is 24.7 Å². The summed E-state index contributed by atoms with van der Waals surface area (Å²) in [5, 5.41) is 3.54. The number of nitrogens with one attached hydrogen (secondary N) is 1. The number of aromatic nitrogens is 4. The summed E-state index contributed by atoms with van der Waals surface area (Å²) < 4.78 is 39.9. The van der Waals surface area contributed by atoms with Crippen LogP contribution in [0.2, 0.25) is 10.0 Å². The van der Waals surface area contributed by atoms with Crippen LogP contribution in [-0.4, -0.2) is 50.2 Å². The summed E-state index contributed by atoms with van der Waals surface area (Å²) in [6, 6.07) is 4.57. The maximum Gasteiger partial charge on any atom is 0.401 e. The third kappa shape index (κ3) is 5.13. The lowest BCUT2D eigenvalue weighted by molar-refractivity contribution is -0.148. The van der Waals surface area contributed by atoms with Crippen molar-refractivity contribution in [3.8, 4) is 0 Å². The Labute approximate surface area is 201 Å². The van der Waals surface area contributed by atoms with Crippen molar-refractivity contribution in [2.45, 2.75) is 31.6 Å². The molecular formula is C20H21Cl2F3N8O. The van der Waals surface area contributed by atoms with Gasteiger partial charge in [0.2, 0.25) is 5.95 Å². The molecule has 1 aromatic carbocycles. The summed E-state index contributed by atoms with van der Waals surface area (Å²) >= 11 is 12.4. The predicted octanol–water partition coefficient (Wildman–Crippen LogP) is 3.47. The second kappa shape index (κ2) is 9.43. The molecule has 0 bridgehead atoms. The number of nitrogens with zero attached hydrogens (tertiary/aromatic N) is 5. The first kappa shape index (κ1) is 24.3. The van der Waals surface area contributed by atoms with Gasteiger partial charge in [-0.05, 0) is 25.0 Å². The number of nitrogen functional groups attached to an aromatic ring is 2. The van der Waals surface area contributed by atoms with Gasteiger partial charge in [-0.15, -0.1) is 0 Å². The van der Waals surface area contributed by atoms with Crippen LogP contribution in [0.15, 0.2) is 23.0 Å². The summed E-state index contributed by atoms with van der Waals surface area (Å²) in [7, 11) is 0. The van der Waals surface area contributed by atoms with E-state index in [0.717, 1.165) is 0 Å². The maximum absolute atomic E-state index is 13.5. The van der Waals surface area contributed by atoms with Crippen LogP contribution < -0.4 is 22.3 Å². The summed E-state index contributed by atoms with van der Waals surface area (Å²) in [6.07, 6.45) is -3.60. The minimum absolute atomic E-state index is 0.00986. The van der Waals surface area contributed by atoms with Gasteiger partial charge in [-0.1, -0.05) is 29.3 Å². The van der Waals surface area contributed by atoms with Crippen molar-refractivity contribution in [3.63, 3.8) is 0 Å². The van der Waals surface area contributed by atoms with E-state index in [1.165, 1.54) is 9.47 Å². The first-order chi connectivity index (χ1) is 16.0. The van der Waals surface area contributed by atoms with Crippen LogP contribution in [0.25, 0.3) is 10.9 Å². The van der Waals surface area contributed by atoms with Crippen LogP contribution in [0, 0.1) is 0 Å². The summed E-state index contributed by atoms with van der Waals surface area (Å²) in [5.41, 5.74) is 11.4. The lowest BCUT2D eigenvalue weighted by atomic mass is 10.0. The van der Waals surface area contributed by atoms with E-state index < -0.39 is 12.7 Å². The normalized spacial score (nSPS) is 15.7. The van der Waals surface area contributed by atoms with E-state index >= 15 is 0 Å². The lowest BCUT2D eigenvalue weighted by Gasteiger charge is -2.34. The molecule has 0 aliphatic carbocycles. The molecule has 1 saturated heterocycles. The zero-order valence-corrected chi connectivity index (χ0v) is 19.3. The van der Waals surface area contributed by atoms with Crippen molar-refractivity contribution in [2.24, 2.45) is 0 Å². The van der Waals surface area contributed by atoms with Gasteiger partial charge in [-0.2, -0.15) is 23.1 Å². The van der Waals surface area contributed by atoms with Crippen molar-refractivity contribution >= 4 is 51.7 Å². The molecule has 14 heteroatoms. The SMILES string of the molecule is Nc1nc(N)c(Cl)c(NCc2nc3cccc(Cl)c3c(=O)n2C2CCN(CC(F)(F)F)CC2)n1. The smallest absolute Gasteiger partial charge is 0.382 e. The fourth-order valence-corrected chi connectivity index (χ4v) is 4.50. The van der Waals surface area contributed by atoms with Crippen molar-refractivity contribution in [2.75, 3.05) is 36.4 Å². The van der Waals surface area contributed by atoms with E-state index in [1.54, 1.807) is 18.2 Å². The molecule has 0 radical (unpaired) electrons. The van der Waals surface area contributed by atoms with E-state index in [2.05, 4.69) is 20.3 Å². The Morgan fingerprint density at radius 1 is 1.12 bits per heavy atom. The van der Waals surface area contributed by atoms with Crippen LogP contribution in [0.4, 0.5) is 30.8 Å². The Hall–Kier alpha value is -2.83. The van der Waals surface area contributed by atoms with Gasteiger partial charge in [0.05, 0.1) is 29.0 Å². The second-order valence-electron chi connectivity index (χ2n) is 7.94. The van der Waals surface area contributed by atoms with E-state index in [9.17, 15) is 18.0 Å². The third-order valence-electron chi connectivity index (χ3n) is 5.59. The number of likely N-dealkylation sites (tertiary alicyclic amines) is 1. The Bertz CT molecular complexity index is 1280. The van der Waals surface area contributed by atoms with E-state index in [4.69, 9.17) is 34.7 Å². The highest BCUT2D eigenvalue weighted by molar-refractivity contribution is 6.35. The molecule has 3 heterocycles. The standard InChI is InChI=1S/C20H21Cl2F3N8O/c21-11-2-1-3-12-14(11)18(34)33(10-4-6-32(7-5-10)9-20(23,24)25)13(29-12)8-28-17-15(22)16(26)30-19(27)31-17/h1-3,10H,4-9H2,(H5,26,27,28,30,31). The molecule has 0 saturated carbocycles. The van der Waals surface area contributed by atoms with E-state index in [0.29, 0.717) is 24.2 Å². The highest BCUT2D eigenvalue weighted by atomic mass is 35.5. The van der Waals surface area contributed by atoms with Crippen LogP contribution >= 0.6 is 23.2 Å². The monoisotopic (exact) mass is 516 g/mol. The van der Waals surface area contributed by atoms with Crippen molar-refractivity contribution < 1.29 is 13.2 Å². The van der Waals surface area contributed by atoms with Gasteiger partial charge in [0.15, 0.2) is 5.82 Å². The zero-order chi connectivity index (χ0) is 24.6. The first-order valence-corrected chi connectivity index (χ1v) is 11.1. The minimum Gasteiger partial charge on any atom is -0.382 e. The number of anilines is 3. The summed E-state index contributed by atoms with van der Waals surface area (Å²) in [5.74, 6) is 0.418. The fraction of sp³-hybridized carbons (Fsp3) is 0.400. The van der Waals surface area contributed by atoms with Crippen molar-refractivity contribution in [3.05, 3.63) is 44.4 Å². The van der Waals surface area contributed by atoms with Gasteiger partial charge in [-0.3, -0.25) is 14.3 Å². The molecule has 1 aliphatic rings. The molecule has 0 unspecified atom stereocenters. The molecule has 3 aromatic rings. The summed E-state index contributed by atoms with van der Waals surface area (Å²) in [4.78, 5) is 27.2. The molecule has 182 valence electrons. The number of nitrogens with two attached hydrogens (primary N) is 2. The molecule has 0 spiro atoms. The number of hydrogen-bond acceptors (Lipinski definition) is 8. The zero-order valence-electron chi connectivity index (χ0n) is 17.7. The first-order valence-electron chi connectivity index (χ1n) is 10.3. The maximum atomic E-state index is 13.5. The Morgan fingerprint density at radius 3 is 2.50 bits per heavy atom. The molecule has 9 nitrogen and oxygen atoms in total. The molecule has 1 fully saturated rings. The highest BCUT2D eigenvalue weighted by Crippen LogP contribution is 2.29. The van der Waals surface area contributed by atoms with E-state index in [1.807, 2.05) is 0 Å². The molecule has 0 amide bonds. The van der Waals surface area contributed by atoms with Crippen molar-refractivity contribution in [1.82, 2.24) is 24.4 Å². The molecule has 5 N–H and O–H groups in total. The van der Waals surface area contributed by atoms with Gasteiger partial charge >= 0.3 is 6.18 Å². The highest BCUT2D eigenvalue weighted by Gasteiger charge is 2.33. The van der Waals surface area contributed by atoms with Gasteiger partial charge in [0.25, 0.3) is 5.56 Å². The topological polar surface area (TPSA) is 128 Å². The van der Waals surface area contributed by atoms with Crippen LogP contribution in [0.5, 0.6) is 0 Å². The van der Waals surface area contributed by atoms with Crippen LogP contribution in [-0.2, 0) is 6.54 Å². The molecule has 2 aromatic heterocycles. The number of benzene rings is 1. The van der Waals surface area contributed by atoms with Gasteiger partial charge < -0.3 is 16.8 Å². The number of fused-ring (bicyclic) bond motifs is 1. The number of piperidine rings is 1. The fourth-order valence-electron chi connectivity index (χ4n) is 4.10. The Balaban J connectivity index is 1.69. The number of rotatable bonds is 5. The number of hydrogen-bond donors (Lipinski definition) is 3. The third-order valence-corrected chi connectivity index (χ3v) is 6.27. The van der Waals surface area contributed by atoms with Gasteiger partial charge in [0, 0.05) is 19.1 Å². The Morgan fingerprint density at radius 2 is 1.82 bits per heavy atom.